The van der Waals surface area contributed by atoms with E-state index in [0.29, 0.717) is 24.1 Å². The van der Waals surface area contributed by atoms with E-state index in [4.69, 9.17) is 0 Å². The Morgan fingerprint density at radius 2 is 1.79 bits per heavy atom. The van der Waals surface area contributed by atoms with E-state index in [1.54, 1.807) is 23.4 Å². The molecule has 0 N–H and O–H groups in total. The molecule has 0 radical (unpaired) electrons. The molecule has 0 fully saturated rings. The molecule has 1 amide bonds. The monoisotopic (exact) mass is 383 g/mol. The van der Waals surface area contributed by atoms with Gasteiger partial charge >= 0.3 is 0 Å². The lowest BCUT2D eigenvalue weighted by Gasteiger charge is -2.15. The van der Waals surface area contributed by atoms with Crippen LogP contribution in [0.1, 0.15) is 21.6 Å². The van der Waals surface area contributed by atoms with Crippen LogP contribution in [0.25, 0.3) is 22.0 Å². The Bertz CT molecular complexity index is 1220. The van der Waals surface area contributed by atoms with Crippen LogP contribution in [0.15, 0.2) is 73.1 Å². The number of halogens is 1. The average Bonchev–Trinajstić information content (AvgIpc) is 3.10. The Morgan fingerprint density at radius 1 is 0.966 bits per heavy atom. The molecule has 1 aliphatic rings. The lowest BCUT2D eigenvalue weighted by Crippen LogP contribution is -2.26. The molecule has 5 rings (SSSR count). The summed E-state index contributed by atoms with van der Waals surface area (Å²) in [5.74, 6) is -0.468. The molecule has 4 nitrogen and oxygen atoms in total. The van der Waals surface area contributed by atoms with Gasteiger partial charge in [0.25, 0.3) is 5.91 Å². The van der Waals surface area contributed by atoms with E-state index in [2.05, 4.69) is 9.97 Å². The second-order valence-electron chi connectivity index (χ2n) is 7.16. The Balaban J connectivity index is 1.41. The van der Waals surface area contributed by atoms with Gasteiger partial charge in [-0.1, -0.05) is 30.3 Å². The Hall–Kier alpha value is -3.60. The van der Waals surface area contributed by atoms with Crippen LogP contribution >= 0.6 is 0 Å². The minimum Gasteiger partial charge on any atom is -0.334 e. The normalized spacial score (nSPS) is 13.1. The number of amides is 1. The number of aromatic nitrogens is 2. The highest BCUT2D eigenvalue weighted by atomic mass is 19.1. The highest BCUT2D eigenvalue weighted by Crippen LogP contribution is 2.34. The molecule has 0 aliphatic carbocycles. The van der Waals surface area contributed by atoms with Gasteiger partial charge in [0.1, 0.15) is 5.82 Å². The number of nitrogens with zero attached hydrogens (tertiary/aromatic N) is 3. The topological polar surface area (TPSA) is 46.1 Å². The summed E-state index contributed by atoms with van der Waals surface area (Å²) in [6.45, 7) is 0.778. The van der Waals surface area contributed by atoms with Crippen molar-refractivity contribution in [3.63, 3.8) is 0 Å². The number of pyridine rings is 2. The van der Waals surface area contributed by atoms with Gasteiger partial charge in [-0.05, 0) is 41.5 Å². The third-order valence-corrected chi connectivity index (χ3v) is 5.39. The molecule has 5 heteroatoms. The molecule has 1 aliphatic heterocycles. The van der Waals surface area contributed by atoms with E-state index < -0.39 is 0 Å². The van der Waals surface area contributed by atoms with Crippen LogP contribution in [0.5, 0.6) is 0 Å². The summed E-state index contributed by atoms with van der Waals surface area (Å²) in [7, 11) is 0. The number of fused-ring (bicyclic) bond motifs is 2. The zero-order valence-electron chi connectivity index (χ0n) is 15.7. The highest BCUT2D eigenvalue weighted by molar-refractivity contribution is 6.04. The first-order valence-electron chi connectivity index (χ1n) is 9.56. The maximum atomic E-state index is 14.5. The first-order valence-corrected chi connectivity index (χ1v) is 9.56. The molecule has 4 aromatic rings. The lowest BCUT2D eigenvalue weighted by molar-refractivity contribution is 0.0780. The molecule has 29 heavy (non-hydrogen) atoms. The van der Waals surface area contributed by atoms with Gasteiger partial charge in [-0.15, -0.1) is 0 Å². The third kappa shape index (κ3) is 3.14. The minimum atomic E-state index is -0.336. The first kappa shape index (κ1) is 17.5. The van der Waals surface area contributed by atoms with Gasteiger partial charge in [0, 0.05) is 48.5 Å². The number of benzene rings is 2. The fourth-order valence-electron chi connectivity index (χ4n) is 3.89. The largest absolute Gasteiger partial charge is 0.334 e. The van der Waals surface area contributed by atoms with Gasteiger partial charge in [-0.2, -0.15) is 0 Å². The van der Waals surface area contributed by atoms with Crippen molar-refractivity contribution in [1.29, 1.82) is 0 Å². The van der Waals surface area contributed by atoms with E-state index in [1.165, 1.54) is 6.07 Å². The third-order valence-electron chi connectivity index (χ3n) is 5.39. The SMILES string of the molecule is O=C1c2c(-c3ccncc3)ccc(F)c2CN1CCc1ccc2ccccc2n1. The van der Waals surface area contributed by atoms with E-state index in [-0.39, 0.29) is 18.3 Å². The van der Waals surface area contributed by atoms with Crippen LogP contribution in [0.2, 0.25) is 0 Å². The van der Waals surface area contributed by atoms with Crippen molar-refractivity contribution in [2.75, 3.05) is 6.54 Å². The quantitative estimate of drug-likeness (QED) is 0.516. The summed E-state index contributed by atoms with van der Waals surface area (Å²) < 4.78 is 14.5. The van der Waals surface area contributed by atoms with Gasteiger partial charge in [0.05, 0.1) is 11.1 Å². The summed E-state index contributed by atoms with van der Waals surface area (Å²) >= 11 is 0. The maximum absolute atomic E-state index is 14.5. The number of rotatable bonds is 4. The van der Waals surface area contributed by atoms with Gasteiger partial charge in [-0.25, -0.2) is 4.39 Å². The second kappa shape index (κ2) is 7.09. The Labute approximate surface area is 167 Å². The molecule has 0 atom stereocenters. The molecule has 2 aromatic heterocycles. The van der Waals surface area contributed by atoms with Crippen molar-refractivity contribution >= 4 is 16.8 Å². The Kier molecular flexibility index (Phi) is 4.28. The van der Waals surface area contributed by atoms with E-state index >= 15 is 0 Å². The molecular formula is C24H18FN3O. The van der Waals surface area contributed by atoms with Crippen molar-refractivity contribution in [1.82, 2.24) is 14.9 Å². The van der Waals surface area contributed by atoms with Crippen LogP contribution in [-0.2, 0) is 13.0 Å². The molecule has 142 valence electrons. The van der Waals surface area contributed by atoms with Crippen LogP contribution in [0, 0.1) is 5.82 Å². The summed E-state index contributed by atoms with van der Waals surface area (Å²) in [5.41, 5.74) is 4.40. The van der Waals surface area contributed by atoms with Crippen molar-refractivity contribution < 1.29 is 9.18 Å². The minimum absolute atomic E-state index is 0.132. The second-order valence-corrected chi connectivity index (χ2v) is 7.16. The molecule has 0 unspecified atom stereocenters. The van der Waals surface area contributed by atoms with Crippen molar-refractivity contribution in [2.24, 2.45) is 0 Å². The maximum Gasteiger partial charge on any atom is 0.255 e. The van der Waals surface area contributed by atoms with Gasteiger partial charge in [-0.3, -0.25) is 14.8 Å². The van der Waals surface area contributed by atoms with Crippen molar-refractivity contribution in [3.05, 3.63) is 95.7 Å². The van der Waals surface area contributed by atoms with Crippen LogP contribution in [0.3, 0.4) is 0 Å². The fourth-order valence-corrected chi connectivity index (χ4v) is 3.89. The van der Waals surface area contributed by atoms with E-state index in [1.807, 2.05) is 48.5 Å². The van der Waals surface area contributed by atoms with Crippen LogP contribution in [-0.4, -0.2) is 27.3 Å². The van der Waals surface area contributed by atoms with Gasteiger partial charge in [0.2, 0.25) is 0 Å². The van der Waals surface area contributed by atoms with Crippen molar-refractivity contribution in [3.8, 4) is 11.1 Å². The first-order chi connectivity index (χ1) is 14.2. The Morgan fingerprint density at radius 3 is 2.66 bits per heavy atom. The number of hydrogen-bond donors (Lipinski definition) is 0. The number of para-hydroxylation sites is 1. The van der Waals surface area contributed by atoms with E-state index in [0.717, 1.165) is 27.7 Å². The smallest absolute Gasteiger partial charge is 0.255 e. The molecule has 0 saturated carbocycles. The summed E-state index contributed by atoms with van der Waals surface area (Å²) in [6.07, 6.45) is 3.97. The summed E-state index contributed by atoms with van der Waals surface area (Å²) in [5, 5.41) is 1.09. The predicted molar refractivity (Wildman–Crippen MR) is 110 cm³/mol. The molecule has 0 saturated heterocycles. The van der Waals surface area contributed by atoms with Gasteiger partial charge < -0.3 is 4.90 Å². The summed E-state index contributed by atoms with van der Waals surface area (Å²) in [6, 6.07) is 18.8. The van der Waals surface area contributed by atoms with Crippen LogP contribution in [0.4, 0.5) is 4.39 Å². The zero-order chi connectivity index (χ0) is 19.8. The van der Waals surface area contributed by atoms with Crippen LogP contribution < -0.4 is 0 Å². The fraction of sp³-hybridized carbons (Fsp3) is 0.125. The van der Waals surface area contributed by atoms with Gasteiger partial charge in [0.15, 0.2) is 0 Å². The number of hydrogen-bond acceptors (Lipinski definition) is 3. The highest BCUT2D eigenvalue weighted by Gasteiger charge is 2.32. The average molecular weight is 383 g/mol. The zero-order valence-corrected chi connectivity index (χ0v) is 15.7. The number of carbonyl (C=O) groups excluding carboxylic acids is 1. The van der Waals surface area contributed by atoms with E-state index in [9.17, 15) is 9.18 Å². The molecule has 0 spiro atoms. The van der Waals surface area contributed by atoms with Crippen molar-refractivity contribution in [2.45, 2.75) is 13.0 Å². The molecular weight excluding hydrogens is 365 g/mol. The number of carbonyl (C=O) groups is 1. The molecule has 3 heterocycles. The standard InChI is InChI=1S/C24H18FN3O/c25-21-8-7-19(16-9-12-26-13-10-16)23-20(21)15-28(24(23)29)14-11-18-6-5-17-3-1-2-4-22(17)27-18/h1-10,12-13H,11,14-15H2. The molecule has 0 bridgehead atoms. The molecule has 2 aromatic carbocycles. The lowest BCUT2D eigenvalue weighted by atomic mass is 9.97. The summed E-state index contributed by atoms with van der Waals surface area (Å²) in [4.78, 5) is 23.5. The predicted octanol–water partition coefficient (Wildman–Crippen LogP) is 4.63.